The first-order valence-electron chi connectivity index (χ1n) is 9.76. The number of hydrogen-bond donors (Lipinski definition) is 1. The number of amides is 1. The summed E-state index contributed by atoms with van der Waals surface area (Å²) in [6.45, 7) is 6.69. The predicted molar refractivity (Wildman–Crippen MR) is 124 cm³/mol. The lowest BCUT2D eigenvalue weighted by molar-refractivity contribution is -0.115. The third kappa shape index (κ3) is 3.98. The highest BCUT2D eigenvalue weighted by Gasteiger charge is 2.34. The molecule has 30 heavy (non-hydrogen) atoms. The zero-order valence-corrected chi connectivity index (χ0v) is 18.9. The fraction of sp³-hybridized carbons (Fsp3) is 0.304. The predicted octanol–water partition coefficient (Wildman–Crippen LogP) is 6.09. The molecule has 2 aliphatic heterocycles. The van der Waals surface area contributed by atoms with Crippen molar-refractivity contribution >= 4 is 51.9 Å². The van der Waals surface area contributed by atoms with Gasteiger partial charge in [0.15, 0.2) is 5.17 Å². The van der Waals surface area contributed by atoms with Crippen LogP contribution in [-0.2, 0) is 4.79 Å². The molecule has 7 heteroatoms. The lowest BCUT2D eigenvalue weighted by atomic mass is 9.80. The van der Waals surface area contributed by atoms with E-state index in [1.807, 2.05) is 12.1 Å². The Morgan fingerprint density at radius 3 is 2.70 bits per heavy atom. The van der Waals surface area contributed by atoms with E-state index in [9.17, 15) is 9.18 Å². The number of carbonyl (C=O) groups excluding carboxylic acids is 1. The van der Waals surface area contributed by atoms with Gasteiger partial charge in [-0.15, -0.1) is 0 Å². The first kappa shape index (κ1) is 20.9. The van der Waals surface area contributed by atoms with E-state index in [-0.39, 0.29) is 17.3 Å². The minimum atomic E-state index is -0.326. The summed E-state index contributed by atoms with van der Waals surface area (Å²) in [4.78, 5) is 19.6. The van der Waals surface area contributed by atoms with Gasteiger partial charge in [0.1, 0.15) is 5.82 Å². The van der Waals surface area contributed by atoms with E-state index in [0.29, 0.717) is 26.7 Å². The van der Waals surface area contributed by atoms with Gasteiger partial charge in [-0.1, -0.05) is 18.5 Å². The molecule has 4 rings (SSSR count). The number of nitrogens with one attached hydrogen (secondary N) is 1. The van der Waals surface area contributed by atoms with Crippen LogP contribution in [0.25, 0.3) is 6.08 Å². The second-order valence-electron chi connectivity index (χ2n) is 8.37. The van der Waals surface area contributed by atoms with Crippen LogP contribution in [0.3, 0.4) is 0 Å². The molecule has 2 aromatic carbocycles. The van der Waals surface area contributed by atoms with Crippen LogP contribution in [0.15, 0.2) is 46.3 Å². The van der Waals surface area contributed by atoms with Crippen LogP contribution in [0.5, 0.6) is 0 Å². The number of thioether (sulfide) groups is 1. The maximum Gasteiger partial charge on any atom is 0.264 e. The van der Waals surface area contributed by atoms with E-state index in [0.717, 1.165) is 17.7 Å². The molecule has 156 valence electrons. The minimum absolute atomic E-state index is 0.0582. The Labute approximate surface area is 185 Å². The molecule has 0 aromatic heterocycles. The first-order chi connectivity index (χ1) is 14.1. The van der Waals surface area contributed by atoms with E-state index in [1.54, 1.807) is 12.1 Å². The normalized spacial score (nSPS) is 23.1. The number of fused-ring (bicyclic) bond motifs is 1. The fourth-order valence-corrected chi connectivity index (χ4v) is 5.01. The van der Waals surface area contributed by atoms with Crippen molar-refractivity contribution in [3.8, 4) is 0 Å². The summed E-state index contributed by atoms with van der Waals surface area (Å²) in [6, 6.07) is 9.89. The lowest BCUT2D eigenvalue weighted by Gasteiger charge is -2.45. The number of hydrogen-bond acceptors (Lipinski definition) is 4. The standard InChI is InChI=1S/C23H23ClFN3OS/c1-13-12-23(2,3)28(4)19-11-18(24)14(9-17(13)19)10-20-21(29)27-22(30-20)26-16-7-5-15(25)6-8-16/h5-11,13H,12H2,1-4H3,(H,26,27,29)/b20-10-/t13-/m1/s1. The highest BCUT2D eigenvalue weighted by molar-refractivity contribution is 8.18. The Balaban J connectivity index is 1.64. The first-order valence-corrected chi connectivity index (χ1v) is 11.0. The van der Waals surface area contributed by atoms with Gasteiger partial charge in [0.2, 0.25) is 0 Å². The SMILES string of the molecule is C[C@@H]1CC(C)(C)N(C)c2cc(Cl)c(/C=C3\SC(=Nc4ccc(F)cc4)NC3=O)cc21. The van der Waals surface area contributed by atoms with Crippen LogP contribution in [0.4, 0.5) is 15.8 Å². The van der Waals surface area contributed by atoms with Gasteiger partial charge < -0.3 is 10.2 Å². The molecule has 1 atom stereocenters. The van der Waals surface area contributed by atoms with Crippen LogP contribution in [-0.4, -0.2) is 23.7 Å². The van der Waals surface area contributed by atoms with Gasteiger partial charge in [-0.25, -0.2) is 9.38 Å². The molecule has 1 N–H and O–H groups in total. The third-order valence-electron chi connectivity index (χ3n) is 5.75. The molecular weight excluding hydrogens is 421 g/mol. The highest BCUT2D eigenvalue weighted by Crippen LogP contribution is 2.45. The fourth-order valence-electron chi connectivity index (χ4n) is 3.97. The van der Waals surface area contributed by atoms with Gasteiger partial charge in [-0.05, 0) is 91.5 Å². The van der Waals surface area contributed by atoms with Crippen LogP contribution >= 0.6 is 23.4 Å². The van der Waals surface area contributed by atoms with Crippen molar-refractivity contribution in [3.05, 3.63) is 63.3 Å². The van der Waals surface area contributed by atoms with Crippen molar-refractivity contribution in [2.45, 2.75) is 38.6 Å². The van der Waals surface area contributed by atoms with Crippen LogP contribution in [0.2, 0.25) is 5.02 Å². The molecule has 4 nitrogen and oxygen atoms in total. The maximum atomic E-state index is 13.1. The maximum absolute atomic E-state index is 13.1. The van der Waals surface area contributed by atoms with Gasteiger partial charge in [-0.3, -0.25) is 4.79 Å². The Bertz CT molecular complexity index is 1080. The number of aliphatic imine (C=N–C) groups is 1. The second-order valence-corrected chi connectivity index (χ2v) is 9.81. The van der Waals surface area contributed by atoms with Gasteiger partial charge in [-0.2, -0.15) is 0 Å². The lowest BCUT2D eigenvalue weighted by Crippen LogP contribution is -2.45. The molecule has 0 saturated carbocycles. The Hall–Kier alpha value is -2.31. The van der Waals surface area contributed by atoms with Crippen molar-refractivity contribution in [2.24, 2.45) is 4.99 Å². The summed E-state index contributed by atoms with van der Waals surface area (Å²) in [5.74, 6) is -0.157. The van der Waals surface area contributed by atoms with E-state index in [1.165, 1.54) is 29.5 Å². The van der Waals surface area contributed by atoms with Crippen LogP contribution < -0.4 is 10.2 Å². The average Bonchev–Trinajstić information content (AvgIpc) is 3.01. The van der Waals surface area contributed by atoms with Gasteiger partial charge in [0.25, 0.3) is 5.91 Å². The molecule has 0 aliphatic carbocycles. The summed E-state index contributed by atoms with van der Waals surface area (Å²) in [5, 5.41) is 3.82. The molecule has 2 aliphatic rings. The number of amidine groups is 1. The van der Waals surface area contributed by atoms with Crippen molar-refractivity contribution in [2.75, 3.05) is 11.9 Å². The Morgan fingerprint density at radius 2 is 2.00 bits per heavy atom. The number of anilines is 1. The molecule has 0 unspecified atom stereocenters. The summed E-state index contributed by atoms with van der Waals surface area (Å²) in [7, 11) is 2.09. The number of benzene rings is 2. The second kappa shape index (κ2) is 7.75. The number of rotatable bonds is 2. The Kier molecular flexibility index (Phi) is 5.41. The van der Waals surface area contributed by atoms with E-state index < -0.39 is 0 Å². The molecule has 2 aromatic rings. The van der Waals surface area contributed by atoms with Crippen LogP contribution in [0, 0.1) is 5.82 Å². The zero-order chi connectivity index (χ0) is 21.6. The molecule has 0 bridgehead atoms. The monoisotopic (exact) mass is 443 g/mol. The molecule has 1 saturated heterocycles. The van der Waals surface area contributed by atoms with E-state index >= 15 is 0 Å². The van der Waals surface area contributed by atoms with Crippen LogP contribution in [0.1, 0.15) is 44.2 Å². The molecule has 1 fully saturated rings. The van der Waals surface area contributed by atoms with Crippen molar-refractivity contribution in [1.29, 1.82) is 0 Å². The molecule has 2 heterocycles. The van der Waals surface area contributed by atoms with Crippen molar-refractivity contribution in [3.63, 3.8) is 0 Å². The average molecular weight is 444 g/mol. The smallest absolute Gasteiger partial charge is 0.264 e. The van der Waals surface area contributed by atoms with Gasteiger partial charge >= 0.3 is 0 Å². The van der Waals surface area contributed by atoms with Crippen molar-refractivity contribution in [1.82, 2.24) is 5.32 Å². The third-order valence-corrected chi connectivity index (χ3v) is 6.98. The minimum Gasteiger partial charge on any atom is -0.369 e. The van der Waals surface area contributed by atoms with Crippen molar-refractivity contribution < 1.29 is 9.18 Å². The summed E-state index contributed by atoms with van der Waals surface area (Å²) in [5.41, 5.74) is 3.82. The van der Waals surface area contributed by atoms with E-state index in [2.05, 4.69) is 49.1 Å². The van der Waals surface area contributed by atoms with E-state index in [4.69, 9.17) is 11.6 Å². The van der Waals surface area contributed by atoms with Gasteiger partial charge in [0.05, 0.1) is 10.6 Å². The largest absolute Gasteiger partial charge is 0.369 e. The number of carbonyl (C=O) groups is 1. The number of halogens is 2. The molecule has 0 radical (unpaired) electrons. The molecular formula is C23H23ClFN3OS. The molecule has 0 spiro atoms. The summed E-state index contributed by atoms with van der Waals surface area (Å²) >= 11 is 7.84. The summed E-state index contributed by atoms with van der Waals surface area (Å²) < 4.78 is 13.1. The van der Waals surface area contributed by atoms with Gasteiger partial charge in [0, 0.05) is 23.3 Å². The topological polar surface area (TPSA) is 44.7 Å². The zero-order valence-electron chi connectivity index (χ0n) is 17.3. The number of nitrogens with zero attached hydrogens (tertiary/aromatic N) is 2. The Morgan fingerprint density at radius 1 is 1.30 bits per heavy atom. The molecule has 1 amide bonds. The summed E-state index contributed by atoms with van der Waals surface area (Å²) in [6.07, 6.45) is 2.85. The quantitative estimate of drug-likeness (QED) is 0.571. The highest BCUT2D eigenvalue weighted by atomic mass is 35.5.